The van der Waals surface area contributed by atoms with E-state index in [0.717, 1.165) is 12.8 Å². The third-order valence-corrected chi connectivity index (χ3v) is 7.10. The third kappa shape index (κ3) is 5.88. The van der Waals surface area contributed by atoms with Crippen LogP contribution in [0.15, 0.2) is 53.5 Å². The van der Waals surface area contributed by atoms with Crippen molar-refractivity contribution in [2.75, 3.05) is 11.5 Å². The van der Waals surface area contributed by atoms with E-state index in [9.17, 15) is 18.5 Å². The molecular formula is C25H27ClFN3O3S. The number of anilines is 1. The van der Waals surface area contributed by atoms with Crippen molar-refractivity contribution in [2.45, 2.75) is 32.7 Å². The SMILES string of the molecule is CCCC[S+]([O-])N[C@@H](C)c1cc(=O)n(C)cc1-c1cc(N)c(Cl)cc1C(=O)c1ccc(F)cc1. The molecule has 3 aromatic rings. The molecule has 0 aliphatic carbocycles. The Morgan fingerprint density at radius 2 is 1.91 bits per heavy atom. The number of nitrogens with one attached hydrogen (secondary N) is 1. The molecule has 6 nitrogen and oxygen atoms in total. The van der Waals surface area contributed by atoms with Gasteiger partial charge in [-0.2, -0.15) is 0 Å². The first kappa shape index (κ1) is 26.0. The summed E-state index contributed by atoms with van der Waals surface area (Å²) in [6, 6.07) is 9.28. The van der Waals surface area contributed by atoms with Crippen LogP contribution in [0.1, 0.15) is 54.2 Å². The Hall–Kier alpha value is -2.65. The van der Waals surface area contributed by atoms with Crippen LogP contribution in [0.5, 0.6) is 0 Å². The van der Waals surface area contributed by atoms with E-state index in [1.165, 1.54) is 41.0 Å². The molecule has 180 valence electrons. The Bertz CT molecular complexity index is 1250. The zero-order valence-corrected chi connectivity index (χ0v) is 20.8. The van der Waals surface area contributed by atoms with Crippen molar-refractivity contribution >= 4 is 34.4 Å². The van der Waals surface area contributed by atoms with Crippen LogP contribution in [-0.2, 0) is 18.4 Å². The number of benzene rings is 2. The monoisotopic (exact) mass is 503 g/mol. The standard InChI is InChI=1S/C25H27ClFN3O3S/c1-4-5-10-34(33)29-15(2)18-13-24(31)30(3)14-21(18)19-12-23(28)22(26)11-20(19)25(32)16-6-8-17(27)9-7-16/h6-9,11-15,29H,4-5,10,28H2,1-3H3/t15-,34?/m0/s1. The van der Waals surface area contributed by atoms with Gasteiger partial charge in [-0.3, -0.25) is 9.59 Å². The Balaban J connectivity index is 2.16. The van der Waals surface area contributed by atoms with Gasteiger partial charge in [0.05, 0.1) is 16.8 Å². The number of halogens is 2. The summed E-state index contributed by atoms with van der Waals surface area (Å²) >= 11 is 4.97. The fourth-order valence-corrected chi connectivity index (χ4v) is 4.93. The van der Waals surface area contributed by atoms with Crippen LogP contribution >= 0.6 is 11.6 Å². The van der Waals surface area contributed by atoms with Gasteiger partial charge in [-0.25, -0.2) is 4.39 Å². The summed E-state index contributed by atoms with van der Waals surface area (Å²) in [5.41, 5.74) is 8.25. The molecule has 0 bridgehead atoms. The Morgan fingerprint density at radius 3 is 2.56 bits per heavy atom. The number of hydrogen-bond acceptors (Lipinski definition) is 5. The van der Waals surface area contributed by atoms with Gasteiger partial charge in [-0.15, -0.1) is 4.72 Å². The van der Waals surface area contributed by atoms with Crippen molar-refractivity contribution in [3.8, 4) is 11.1 Å². The van der Waals surface area contributed by atoms with Crippen LogP contribution < -0.4 is 16.0 Å². The van der Waals surface area contributed by atoms with Crippen molar-refractivity contribution in [3.05, 3.63) is 86.5 Å². The van der Waals surface area contributed by atoms with Gasteiger partial charge in [0.25, 0.3) is 5.56 Å². The van der Waals surface area contributed by atoms with E-state index in [1.54, 1.807) is 19.3 Å². The van der Waals surface area contributed by atoms with Crippen LogP contribution in [-0.4, -0.2) is 20.7 Å². The molecule has 0 saturated carbocycles. The average Bonchev–Trinajstić information content (AvgIpc) is 2.80. The Morgan fingerprint density at radius 1 is 1.24 bits per heavy atom. The van der Waals surface area contributed by atoms with Gasteiger partial charge in [0.15, 0.2) is 5.78 Å². The number of hydrogen-bond donors (Lipinski definition) is 2. The molecule has 0 saturated heterocycles. The molecule has 2 aromatic carbocycles. The summed E-state index contributed by atoms with van der Waals surface area (Å²) < 4.78 is 30.3. The van der Waals surface area contributed by atoms with Gasteiger partial charge < -0.3 is 14.9 Å². The van der Waals surface area contributed by atoms with Gasteiger partial charge in [-0.05, 0) is 60.9 Å². The van der Waals surface area contributed by atoms with Crippen LogP contribution in [0, 0.1) is 5.82 Å². The lowest BCUT2D eigenvalue weighted by molar-refractivity contribution is 0.103. The minimum Gasteiger partial charge on any atom is -0.598 e. The lowest BCUT2D eigenvalue weighted by atomic mass is 9.90. The first-order valence-corrected chi connectivity index (χ1v) is 12.6. The van der Waals surface area contributed by atoms with Crippen molar-refractivity contribution < 1.29 is 13.7 Å². The van der Waals surface area contributed by atoms with Crippen LogP contribution in [0.4, 0.5) is 10.1 Å². The average molecular weight is 504 g/mol. The summed E-state index contributed by atoms with van der Waals surface area (Å²) in [5, 5.41) is 0.201. The molecule has 0 radical (unpaired) electrons. The lowest BCUT2D eigenvalue weighted by Gasteiger charge is -2.21. The molecule has 9 heteroatoms. The van der Waals surface area contributed by atoms with Gasteiger partial charge in [-0.1, -0.05) is 24.9 Å². The second kappa shape index (κ2) is 11.2. The number of nitrogens with two attached hydrogens (primary N) is 1. The van der Waals surface area contributed by atoms with E-state index in [-0.39, 0.29) is 33.2 Å². The first-order chi connectivity index (χ1) is 16.1. The third-order valence-electron chi connectivity index (χ3n) is 5.50. The van der Waals surface area contributed by atoms with Crippen LogP contribution in [0.2, 0.25) is 5.02 Å². The van der Waals surface area contributed by atoms with E-state index in [2.05, 4.69) is 4.72 Å². The summed E-state index contributed by atoms with van der Waals surface area (Å²) in [4.78, 5) is 25.9. The molecule has 34 heavy (non-hydrogen) atoms. The number of carbonyl (C=O) groups is 1. The highest BCUT2D eigenvalue weighted by molar-refractivity contribution is 7.89. The Kier molecular flexibility index (Phi) is 8.54. The number of nitrogens with zero attached hydrogens (tertiary/aromatic N) is 1. The molecule has 2 atom stereocenters. The van der Waals surface area contributed by atoms with Crippen LogP contribution in [0.3, 0.4) is 0 Å². The predicted octanol–water partition coefficient (Wildman–Crippen LogP) is 4.77. The number of unbranched alkanes of at least 4 members (excludes halogenated alkanes) is 1. The summed E-state index contributed by atoms with van der Waals surface area (Å²) in [6.07, 6.45) is 3.34. The van der Waals surface area contributed by atoms with Gasteiger partial charge in [0, 0.05) is 47.4 Å². The minimum atomic E-state index is -1.29. The van der Waals surface area contributed by atoms with E-state index in [4.69, 9.17) is 17.3 Å². The molecule has 0 fully saturated rings. The number of ketones is 1. The zero-order valence-electron chi connectivity index (χ0n) is 19.2. The molecule has 1 heterocycles. The van der Waals surface area contributed by atoms with Crippen LogP contribution in [0.25, 0.3) is 11.1 Å². The van der Waals surface area contributed by atoms with Crippen molar-refractivity contribution in [3.63, 3.8) is 0 Å². The molecule has 3 rings (SSSR count). The lowest BCUT2D eigenvalue weighted by Crippen LogP contribution is -2.30. The van der Waals surface area contributed by atoms with Crippen molar-refractivity contribution in [1.29, 1.82) is 0 Å². The maximum atomic E-state index is 13.4. The van der Waals surface area contributed by atoms with Gasteiger partial charge in [0.2, 0.25) is 0 Å². The van der Waals surface area contributed by atoms with E-state index in [0.29, 0.717) is 22.4 Å². The van der Waals surface area contributed by atoms with E-state index in [1.807, 2.05) is 13.8 Å². The number of aryl methyl sites for hydroxylation is 1. The van der Waals surface area contributed by atoms with Gasteiger partial charge >= 0.3 is 0 Å². The molecule has 1 unspecified atom stereocenters. The second-order valence-corrected chi connectivity index (χ2v) is 9.83. The smallest absolute Gasteiger partial charge is 0.250 e. The minimum absolute atomic E-state index is 0.201. The zero-order chi connectivity index (χ0) is 25.0. The van der Waals surface area contributed by atoms with Crippen molar-refractivity contribution in [2.24, 2.45) is 7.05 Å². The molecule has 0 aliphatic heterocycles. The molecule has 0 aliphatic rings. The summed E-state index contributed by atoms with van der Waals surface area (Å²) in [6.45, 7) is 3.83. The first-order valence-electron chi connectivity index (χ1n) is 10.9. The fourth-order valence-electron chi connectivity index (χ4n) is 3.58. The maximum Gasteiger partial charge on any atom is 0.250 e. The van der Waals surface area contributed by atoms with E-state index >= 15 is 0 Å². The van der Waals surface area contributed by atoms with E-state index < -0.39 is 23.2 Å². The number of nitrogen functional groups attached to an aromatic ring is 1. The highest BCUT2D eigenvalue weighted by Crippen LogP contribution is 2.36. The highest BCUT2D eigenvalue weighted by atomic mass is 35.5. The number of carbonyl (C=O) groups excluding carboxylic acids is 1. The summed E-state index contributed by atoms with van der Waals surface area (Å²) in [7, 11) is 1.61. The largest absolute Gasteiger partial charge is 0.598 e. The maximum absolute atomic E-state index is 13.4. The molecular weight excluding hydrogens is 477 g/mol. The molecule has 0 amide bonds. The number of pyridine rings is 1. The topological polar surface area (TPSA) is 100 Å². The molecule has 3 N–H and O–H groups in total. The normalized spacial score (nSPS) is 13.0. The fraction of sp³-hybridized carbons (Fsp3) is 0.280. The second-order valence-electron chi connectivity index (χ2n) is 8.09. The quantitative estimate of drug-likeness (QED) is 0.249. The summed E-state index contributed by atoms with van der Waals surface area (Å²) in [5.74, 6) is -0.337. The number of rotatable bonds is 9. The van der Waals surface area contributed by atoms with Gasteiger partial charge in [0.1, 0.15) is 11.6 Å². The molecule has 1 aromatic heterocycles. The van der Waals surface area contributed by atoms with Crippen molar-refractivity contribution in [1.82, 2.24) is 9.29 Å². The predicted molar refractivity (Wildman–Crippen MR) is 136 cm³/mol. The molecule has 0 spiro atoms. The Labute approximate surface area is 206 Å². The highest BCUT2D eigenvalue weighted by Gasteiger charge is 2.24. The number of aromatic nitrogens is 1.